The summed E-state index contributed by atoms with van der Waals surface area (Å²) in [5.41, 5.74) is 2.23. The zero-order chi connectivity index (χ0) is 17.4. The summed E-state index contributed by atoms with van der Waals surface area (Å²) < 4.78 is 4.73. The fourth-order valence-corrected chi connectivity index (χ4v) is 2.96. The maximum absolute atomic E-state index is 12.0. The zero-order valence-electron chi connectivity index (χ0n) is 13.9. The van der Waals surface area contributed by atoms with Crippen LogP contribution in [0.15, 0.2) is 30.5 Å². The third-order valence-electron chi connectivity index (χ3n) is 3.76. The first kappa shape index (κ1) is 18.2. The molecule has 130 valence electrons. The normalized spacial score (nSPS) is 11.9. The minimum Gasteiger partial charge on any atom is -0.467 e. The Balaban J connectivity index is 1.82. The zero-order valence-corrected chi connectivity index (χ0v) is 14.7. The summed E-state index contributed by atoms with van der Waals surface area (Å²) in [5, 5.41) is 6.63. The number of para-hydroxylation sites is 1. The van der Waals surface area contributed by atoms with Crippen LogP contribution in [0.2, 0.25) is 0 Å². The van der Waals surface area contributed by atoms with Crippen molar-refractivity contribution in [1.82, 2.24) is 15.6 Å². The number of hydrogen-bond acceptors (Lipinski definition) is 4. The first-order chi connectivity index (χ1) is 11.7. The van der Waals surface area contributed by atoms with Gasteiger partial charge in [0.2, 0.25) is 0 Å². The minimum absolute atomic E-state index is 0.355. The number of hydrogen-bond donors (Lipinski definition) is 3. The Morgan fingerprint density at radius 2 is 2.12 bits per heavy atom. The molecule has 1 aromatic heterocycles. The molecule has 1 aromatic carbocycles. The number of carbonyl (C=O) groups is 2. The number of aromatic nitrogens is 1. The number of esters is 1. The highest BCUT2D eigenvalue weighted by atomic mass is 32.2. The number of fused-ring (bicyclic) bond motifs is 1. The predicted octanol–water partition coefficient (Wildman–Crippen LogP) is 2.30. The molecule has 0 aliphatic carbocycles. The van der Waals surface area contributed by atoms with Crippen LogP contribution in [0.4, 0.5) is 4.79 Å². The summed E-state index contributed by atoms with van der Waals surface area (Å²) in [6, 6.07) is 7.08. The number of H-pyrrole nitrogens is 1. The smallest absolute Gasteiger partial charge is 0.328 e. The highest BCUT2D eigenvalue weighted by Gasteiger charge is 2.20. The van der Waals surface area contributed by atoms with E-state index in [1.807, 2.05) is 30.7 Å². The van der Waals surface area contributed by atoms with Crippen LogP contribution in [0, 0.1) is 0 Å². The van der Waals surface area contributed by atoms with Crippen LogP contribution in [0.5, 0.6) is 0 Å². The van der Waals surface area contributed by atoms with E-state index >= 15 is 0 Å². The van der Waals surface area contributed by atoms with Crippen molar-refractivity contribution in [3.8, 4) is 0 Å². The molecule has 0 saturated carbocycles. The number of rotatable bonds is 8. The van der Waals surface area contributed by atoms with E-state index in [1.165, 1.54) is 7.11 Å². The van der Waals surface area contributed by atoms with Crippen molar-refractivity contribution < 1.29 is 14.3 Å². The van der Waals surface area contributed by atoms with Crippen molar-refractivity contribution >= 4 is 34.7 Å². The van der Waals surface area contributed by atoms with Crippen LogP contribution >= 0.6 is 11.8 Å². The van der Waals surface area contributed by atoms with Gasteiger partial charge in [-0.2, -0.15) is 11.8 Å². The molecule has 6 nitrogen and oxygen atoms in total. The quantitative estimate of drug-likeness (QED) is 0.639. The van der Waals surface area contributed by atoms with Crippen molar-refractivity contribution in [2.75, 3.05) is 25.7 Å². The standard InChI is InChI=1S/C17H23N3O3S/c1-23-16(21)15(8-10-24-2)20-17(22)18-9-7-12-11-19-14-6-4-3-5-13(12)14/h3-6,11,15,19H,7-10H2,1-2H3,(H2,18,20,22). The van der Waals surface area contributed by atoms with Crippen LogP contribution in [0.25, 0.3) is 10.9 Å². The fraction of sp³-hybridized carbons (Fsp3) is 0.412. The Morgan fingerprint density at radius 1 is 1.33 bits per heavy atom. The number of nitrogens with one attached hydrogen (secondary N) is 3. The van der Waals surface area contributed by atoms with Gasteiger partial charge in [0, 0.05) is 23.6 Å². The lowest BCUT2D eigenvalue weighted by Gasteiger charge is -2.16. The van der Waals surface area contributed by atoms with E-state index < -0.39 is 12.0 Å². The van der Waals surface area contributed by atoms with Gasteiger partial charge in [-0.25, -0.2) is 9.59 Å². The fourth-order valence-electron chi connectivity index (χ4n) is 2.49. The maximum Gasteiger partial charge on any atom is 0.328 e. The van der Waals surface area contributed by atoms with Gasteiger partial charge in [-0.3, -0.25) is 0 Å². The van der Waals surface area contributed by atoms with Crippen molar-refractivity contribution in [1.29, 1.82) is 0 Å². The number of urea groups is 1. The van der Waals surface area contributed by atoms with Gasteiger partial charge < -0.3 is 20.4 Å². The van der Waals surface area contributed by atoms with Gasteiger partial charge in [0.1, 0.15) is 6.04 Å². The number of methoxy groups -OCH3 is 1. The lowest BCUT2D eigenvalue weighted by atomic mass is 10.1. The molecule has 1 unspecified atom stereocenters. The molecule has 0 bridgehead atoms. The highest BCUT2D eigenvalue weighted by molar-refractivity contribution is 7.98. The molecule has 0 spiro atoms. The van der Waals surface area contributed by atoms with Crippen molar-refractivity contribution in [2.24, 2.45) is 0 Å². The van der Waals surface area contributed by atoms with Gasteiger partial charge in [0.15, 0.2) is 0 Å². The molecule has 0 aliphatic rings. The first-order valence-electron chi connectivity index (χ1n) is 7.81. The third-order valence-corrected chi connectivity index (χ3v) is 4.40. The van der Waals surface area contributed by atoms with Crippen LogP contribution in [0.3, 0.4) is 0 Å². The Hall–Kier alpha value is -2.15. The first-order valence-corrected chi connectivity index (χ1v) is 9.21. The molecule has 2 amide bonds. The maximum atomic E-state index is 12.0. The van der Waals surface area contributed by atoms with Gasteiger partial charge in [-0.15, -0.1) is 0 Å². The van der Waals surface area contributed by atoms with Crippen molar-refractivity contribution in [2.45, 2.75) is 18.9 Å². The number of amides is 2. The number of ether oxygens (including phenoxy) is 1. The Morgan fingerprint density at radius 3 is 2.88 bits per heavy atom. The molecule has 3 N–H and O–H groups in total. The van der Waals surface area contributed by atoms with Gasteiger partial charge in [-0.05, 0) is 36.5 Å². The second kappa shape index (κ2) is 9.22. The summed E-state index contributed by atoms with van der Waals surface area (Å²) in [7, 11) is 1.32. The van der Waals surface area contributed by atoms with Crippen LogP contribution in [-0.2, 0) is 16.0 Å². The molecule has 0 saturated heterocycles. The average Bonchev–Trinajstić information content (AvgIpc) is 3.01. The van der Waals surface area contributed by atoms with E-state index in [0.717, 1.165) is 22.2 Å². The lowest BCUT2D eigenvalue weighted by molar-refractivity contribution is -0.142. The SMILES string of the molecule is COC(=O)C(CCSC)NC(=O)NCCc1c[nH]c2ccccc12. The summed E-state index contributed by atoms with van der Waals surface area (Å²) in [4.78, 5) is 26.9. The minimum atomic E-state index is -0.615. The van der Waals surface area contributed by atoms with Crippen molar-refractivity contribution in [3.63, 3.8) is 0 Å². The molecule has 24 heavy (non-hydrogen) atoms. The van der Waals surface area contributed by atoms with E-state index in [1.54, 1.807) is 11.8 Å². The molecular weight excluding hydrogens is 326 g/mol. The summed E-state index contributed by atoms with van der Waals surface area (Å²) >= 11 is 1.62. The van der Waals surface area contributed by atoms with E-state index in [9.17, 15) is 9.59 Å². The molecule has 0 aliphatic heterocycles. The third kappa shape index (κ3) is 4.92. The highest BCUT2D eigenvalue weighted by Crippen LogP contribution is 2.17. The number of aromatic amines is 1. The topological polar surface area (TPSA) is 83.2 Å². The second-order valence-electron chi connectivity index (χ2n) is 5.37. The van der Waals surface area contributed by atoms with Crippen LogP contribution in [-0.4, -0.2) is 48.7 Å². The van der Waals surface area contributed by atoms with E-state index in [0.29, 0.717) is 19.4 Å². The monoisotopic (exact) mass is 349 g/mol. The Kier molecular flexibility index (Phi) is 6.99. The summed E-state index contributed by atoms with van der Waals surface area (Å²) in [6.45, 7) is 0.490. The molecule has 2 aromatic rings. The Bertz CT molecular complexity index is 687. The molecule has 7 heteroatoms. The summed E-state index contributed by atoms with van der Waals surface area (Å²) in [6.07, 6.45) is 5.17. The second-order valence-corrected chi connectivity index (χ2v) is 6.35. The van der Waals surface area contributed by atoms with Gasteiger partial charge in [0.25, 0.3) is 0 Å². The van der Waals surface area contributed by atoms with E-state index in [4.69, 9.17) is 4.74 Å². The van der Waals surface area contributed by atoms with Crippen LogP contribution < -0.4 is 10.6 Å². The average molecular weight is 349 g/mol. The molecule has 0 fully saturated rings. The van der Waals surface area contributed by atoms with Gasteiger partial charge in [-0.1, -0.05) is 18.2 Å². The largest absolute Gasteiger partial charge is 0.467 e. The number of thioether (sulfide) groups is 1. The van der Waals surface area contributed by atoms with E-state index in [-0.39, 0.29) is 6.03 Å². The Labute approximate surface area is 145 Å². The molecule has 1 atom stereocenters. The van der Waals surface area contributed by atoms with E-state index in [2.05, 4.69) is 21.7 Å². The molecule has 2 rings (SSSR count). The molecule has 0 radical (unpaired) electrons. The van der Waals surface area contributed by atoms with Crippen LogP contribution in [0.1, 0.15) is 12.0 Å². The van der Waals surface area contributed by atoms with Gasteiger partial charge >= 0.3 is 12.0 Å². The predicted molar refractivity (Wildman–Crippen MR) is 97.3 cm³/mol. The number of carbonyl (C=O) groups excluding carboxylic acids is 2. The number of benzene rings is 1. The molecule has 1 heterocycles. The molecular formula is C17H23N3O3S. The van der Waals surface area contributed by atoms with Crippen molar-refractivity contribution in [3.05, 3.63) is 36.0 Å². The van der Waals surface area contributed by atoms with Gasteiger partial charge in [0.05, 0.1) is 7.11 Å². The summed E-state index contributed by atoms with van der Waals surface area (Å²) in [5.74, 6) is 0.353. The lowest BCUT2D eigenvalue weighted by Crippen LogP contribution is -2.47.